The fourth-order valence-corrected chi connectivity index (χ4v) is 2.78. The van der Waals surface area contributed by atoms with Crippen LogP contribution in [0.25, 0.3) is 17.2 Å². The molecule has 3 aromatic rings. The van der Waals surface area contributed by atoms with Gasteiger partial charge in [-0.25, -0.2) is 14.6 Å². The van der Waals surface area contributed by atoms with Crippen molar-refractivity contribution < 1.29 is 28.6 Å². The van der Waals surface area contributed by atoms with E-state index in [-0.39, 0.29) is 58.6 Å². The molecule has 0 fully saturated rings. The lowest BCUT2D eigenvalue weighted by Gasteiger charge is -2.05. The van der Waals surface area contributed by atoms with Gasteiger partial charge in [0.15, 0.2) is 12.4 Å². The minimum absolute atomic E-state index is 0.0314. The maximum atomic E-state index is 12.3. The summed E-state index contributed by atoms with van der Waals surface area (Å²) in [5.41, 5.74) is 6.44. The Labute approximate surface area is 176 Å². The molecule has 0 unspecified atom stereocenters. The lowest BCUT2D eigenvalue weighted by atomic mass is 10.1. The number of hydrogen-bond acceptors (Lipinski definition) is 10. The predicted octanol–water partition coefficient (Wildman–Crippen LogP) is 2.65. The van der Waals surface area contributed by atoms with Crippen molar-refractivity contribution in [2.45, 2.75) is 20.5 Å². The third-order valence-electron chi connectivity index (χ3n) is 4.16. The average Bonchev–Trinajstić information content (AvgIpc) is 3.08. The van der Waals surface area contributed by atoms with Crippen molar-refractivity contribution in [1.29, 1.82) is 5.26 Å². The molecule has 0 saturated heterocycles. The lowest BCUT2D eigenvalue weighted by Crippen LogP contribution is -2.10. The number of carbonyl (C=O) groups is 2. The smallest absolute Gasteiger partial charge is 0.349 e. The third kappa shape index (κ3) is 4.62. The second kappa shape index (κ2) is 8.96. The number of rotatable bonds is 6. The first-order valence-electron chi connectivity index (χ1n) is 9.14. The molecule has 0 amide bonds. The number of carbonyl (C=O) groups excluding carboxylic acids is 2. The van der Waals surface area contributed by atoms with Gasteiger partial charge >= 0.3 is 11.9 Å². The van der Waals surface area contributed by atoms with Crippen molar-refractivity contribution in [3.8, 4) is 11.8 Å². The molecule has 3 rings (SSSR count). The van der Waals surface area contributed by atoms with Crippen molar-refractivity contribution in [2.24, 2.45) is 0 Å². The van der Waals surface area contributed by atoms with E-state index in [4.69, 9.17) is 19.6 Å². The Balaban J connectivity index is 1.80. The highest BCUT2D eigenvalue weighted by atomic mass is 16.5. The van der Waals surface area contributed by atoms with E-state index in [0.717, 1.165) is 0 Å². The molecule has 31 heavy (non-hydrogen) atoms. The van der Waals surface area contributed by atoms with Gasteiger partial charge in [-0.3, -0.25) is 0 Å². The van der Waals surface area contributed by atoms with Crippen LogP contribution in [0.15, 0.2) is 34.3 Å². The van der Waals surface area contributed by atoms with Crippen molar-refractivity contribution in [2.75, 3.05) is 12.3 Å². The monoisotopic (exact) mass is 422 g/mol. The minimum atomic E-state index is -0.888. The number of aromatic hydroxyl groups is 1. The van der Waals surface area contributed by atoms with Gasteiger partial charge in [0, 0.05) is 0 Å². The minimum Gasteiger partial charge on any atom is -0.508 e. The topological polar surface area (TPSA) is 162 Å². The number of anilines is 1. The van der Waals surface area contributed by atoms with E-state index in [1.807, 2.05) is 0 Å². The fourth-order valence-electron chi connectivity index (χ4n) is 2.78. The van der Waals surface area contributed by atoms with Crippen molar-refractivity contribution in [1.82, 2.24) is 9.97 Å². The molecule has 10 nitrogen and oxygen atoms in total. The Bertz CT molecular complexity index is 1220. The summed E-state index contributed by atoms with van der Waals surface area (Å²) in [6.07, 6.45) is 1.32. The van der Waals surface area contributed by atoms with Gasteiger partial charge in [-0.1, -0.05) is 12.1 Å². The zero-order chi connectivity index (χ0) is 22.5. The van der Waals surface area contributed by atoms with Crippen LogP contribution in [0.4, 0.5) is 5.82 Å². The van der Waals surface area contributed by atoms with Crippen LogP contribution in [0.3, 0.4) is 0 Å². The van der Waals surface area contributed by atoms with Crippen LogP contribution in [-0.4, -0.2) is 33.6 Å². The van der Waals surface area contributed by atoms with Gasteiger partial charge in [0.2, 0.25) is 5.71 Å². The van der Waals surface area contributed by atoms with Crippen molar-refractivity contribution >= 4 is 34.9 Å². The molecule has 2 heterocycles. The number of nitrogen functional groups attached to an aromatic ring is 1. The zero-order valence-electron chi connectivity index (χ0n) is 16.7. The second-order valence-corrected chi connectivity index (χ2v) is 6.30. The van der Waals surface area contributed by atoms with E-state index in [1.165, 1.54) is 30.3 Å². The van der Waals surface area contributed by atoms with Crippen LogP contribution >= 0.6 is 0 Å². The molecule has 0 radical (unpaired) electrons. The largest absolute Gasteiger partial charge is 0.508 e. The van der Waals surface area contributed by atoms with E-state index >= 15 is 0 Å². The van der Waals surface area contributed by atoms with Gasteiger partial charge in [0.05, 0.1) is 12.0 Å². The van der Waals surface area contributed by atoms with Crippen LogP contribution in [0.2, 0.25) is 0 Å². The Kier molecular flexibility index (Phi) is 6.16. The number of phenols is 1. The first-order chi connectivity index (χ1) is 14.8. The van der Waals surface area contributed by atoms with E-state index < -0.39 is 11.9 Å². The molecule has 2 aromatic heterocycles. The molecule has 0 saturated carbocycles. The van der Waals surface area contributed by atoms with Gasteiger partial charge in [-0.2, -0.15) is 10.2 Å². The summed E-state index contributed by atoms with van der Waals surface area (Å²) in [4.78, 5) is 32.6. The number of nitrogens with zero attached hydrogens (tertiary/aromatic N) is 3. The van der Waals surface area contributed by atoms with E-state index in [9.17, 15) is 20.0 Å². The quantitative estimate of drug-likeness (QED) is 0.343. The Morgan fingerprint density at radius 3 is 2.61 bits per heavy atom. The van der Waals surface area contributed by atoms with E-state index in [2.05, 4.69) is 9.97 Å². The third-order valence-corrected chi connectivity index (χ3v) is 4.16. The normalized spacial score (nSPS) is 11.2. The Hall–Kier alpha value is -4.39. The molecule has 0 aliphatic rings. The summed E-state index contributed by atoms with van der Waals surface area (Å²) in [6.45, 7) is 3.05. The molecule has 1 aromatic carbocycles. The number of nitrogens with two attached hydrogens (primary N) is 1. The first kappa shape index (κ1) is 21.3. The van der Waals surface area contributed by atoms with Gasteiger partial charge in [0.25, 0.3) is 0 Å². The number of furan rings is 1. The summed E-state index contributed by atoms with van der Waals surface area (Å²) in [5, 5.41) is 18.8. The summed E-state index contributed by atoms with van der Waals surface area (Å²) in [5.74, 6) is -1.16. The summed E-state index contributed by atoms with van der Waals surface area (Å²) < 4.78 is 15.6. The molecule has 0 bridgehead atoms. The van der Waals surface area contributed by atoms with Gasteiger partial charge in [0.1, 0.15) is 34.5 Å². The number of fused-ring (bicyclic) bond motifs is 1. The average molecular weight is 422 g/mol. The van der Waals surface area contributed by atoms with Crippen molar-refractivity contribution in [3.05, 3.63) is 52.6 Å². The number of aryl methyl sites for hydroxylation is 1. The standard InChI is InChI=1S/C21H18N4O6/c1-3-29-21(28)16-11(2)31-19-17(16)18(23)24-15(25-19)10-30-20(27)13(9-22)8-12-4-6-14(26)7-5-12/h4-8,26H,3,10H2,1-2H3,(H2,23,24,25). The number of esters is 2. The number of ether oxygens (including phenoxy) is 2. The highest BCUT2D eigenvalue weighted by Crippen LogP contribution is 2.29. The Morgan fingerprint density at radius 2 is 1.97 bits per heavy atom. The Morgan fingerprint density at radius 1 is 1.26 bits per heavy atom. The van der Waals surface area contributed by atoms with Crippen LogP contribution in [0.1, 0.15) is 34.4 Å². The zero-order valence-corrected chi connectivity index (χ0v) is 16.7. The number of benzene rings is 1. The number of hydrogen-bond donors (Lipinski definition) is 2. The van der Waals surface area contributed by atoms with E-state index in [0.29, 0.717) is 5.56 Å². The highest BCUT2D eigenvalue weighted by Gasteiger charge is 2.24. The number of aromatic nitrogens is 2. The summed E-state index contributed by atoms with van der Waals surface area (Å²) >= 11 is 0. The van der Waals surface area contributed by atoms with Gasteiger partial charge in [-0.05, 0) is 37.6 Å². The first-order valence-corrected chi connectivity index (χ1v) is 9.14. The number of phenolic OH excluding ortho intramolecular Hbond substituents is 1. The molecule has 0 aliphatic heterocycles. The van der Waals surface area contributed by atoms with Crippen LogP contribution in [0, 0.1) is 18.3 Å². The molecular formula is C21H18N4O6. The van der Waals surface area contributed by atoms with Crippen molar-refractivity contribution in [3.63, 3.8) is 0 Å². The number of nitriles is 1. The predicted molar refractivity (Wildman–Crippen MR) is 108 cm³/mol. The summed E-state index contributed by atoms with van der Waals surface area (Å²) in [7, 11) is 0. The molecule has 3 N–H and O–H groups in total. The molecule has 0 atom stereocenters. The molecule has 10 heteroatoms. The molecule has 158 valence electrons. The van der Waals surface area contributed by atoms with E-state index in [1.54, 1.807) is 19.9 Å². The van der Waals surface area contributed by atoms with Crippen LogP contribution < -0.4 is 5.73 Å². The fraction of sp³-hybridized carbons (Fsp3) is 0.190. The second-order valence-electron chi connectivity index (χ2n) is 6.30. The SMILES string of the molecule is CCOC(=O)c1c(C)oc2nc(COC(=O)C(C#N)=Cc3ccc(O)cc3)nc(N)c12. The van der Waals surface area contributed by atoms with Crippen LogP contribution in [-0.2, 0) is 20.9 Å². The van der Waals surface area contributed by atoms with Crippen LogP contribution in [0.5, 0.6) is 5.75 Å². The highest BCUT2D eigenvalue weighted by molar-refractivity contribution is 6.07. The van der Waals surface area contributed by atoms with Gasteiger partial charge < -0.3 is 24.7 Å². The van der Waals surface area contributed by atoms with Gasteiger partial charge in [-0.15, -0.1) is 0 Å². The maximum Gasteiger partial charge on any atom is 0.349 e. The summed E-state index contributed by atoms with van der Waals surface area (Å²) in [6, 6.07) is 7.69. The molecule has 0 aliphatic carbocycles. The molecular weight excluding hydrogens is 404 g/mol. The molecule has 0 spiro atoms. The maximum absolute atomic E-state index is 12.3. The lowest BCUT2D eigenvalue weighted by molar-refractivity contribution is -0.139.